The van der Waals surface area contributed by atoms with E-state index in [9.17, 15) is 10.1 Å². The quantitative estimate of drug-likeness (QED) is 0.557. The van der Waals surface area contributed by atoms with Gasteiger partial charge in [0.2, 0.25) is 0 Å². The third-order valence-corrected chi connectivity index (χ3v) is 5.81. The second kappa shape index (κ2) is 7.08. The normalized spacial score (nSPS) is 15.0. The van der Waals surface area contributed by atoms with Crippen LogP contribution >= 0.6 is 0 Å². The van der Waals surface area contributed by atoms with E-state index >= 15 is 4.39 Å². The lowest BCUT2D eigenvalue weighted by Gasteiger charge is -2.25. The number of hydrogen-bond donors (Lipinski definition) is 1. The zero-order valence-electron chi connectivity index (χ0n) is 16.5. The molecule has 3 aromatic heterocycles. The molecule has 1 fully saturated rings. The second-order valence-corrected chi connectivity index (χ2v) is 7.80. The first-order chi connectivity index (χ1) is 14.5. The summed E-state index contributed by atoms with van der Waals surface area (Å²) in [5, 5.41) is 13.5. The monoisotopic (exact) mass is 401 g/mol. The van der Waals surface area contributed by atoms with Crippen LogP contribution in [0.2, 0.25) is 0 Å². The Morgan fingerprint density at radius 2 is 2.00 bits per heavy atom. The Balaban J connectivity index is 1.66. The first-order valence-corrected chi connectivity index (χ1v) is 10.00. The van der Waals surface area contributed by atoms with Crippen molar-refractivity contribution in [3.63, 3.8) is 0 Å². The zero-order chi connectivity index (χ0) is 20.8. The number of benzene rings is 1. The minimum Gasteiger partial charge on any atom is -0.317 e. The van der Waals surface area contributed by atoms with Crippen LogP contribution in [0.3, 0.4) is 0 Å². The molecule has 7 heteroatoms. The molecule has 0 saturated carbocycles. The SMILES string of the molecule is Cc1cn2cc(-c3cc(F)c4c(=O)n(C5CCNCC5)ccc4c3)cc(C#N)c2n1. The van der Waals surface area contributed by atoms with Crippen LogP contribution in [0.5, 0.6) is 0 Å². The van der Waals surface area contributed by atoms with Gasteiger partial charge in [0.1, 0.15) is 11.9 Å². The van der Waals surface area contributed by atoms with Gasteiger partial charge in [-0.1, -0.05) is 0 Å². The first-order valence-electron chi connectivity index (χ1n) is 10.00. The molecule has 30 heavy (non-hydrogen) atoms. The number of aromatic nitrogens is 3. The molecule has 1 aromatic carbocycles. The van der Waals surface area contributed by atoms with Crippen molar-refractivity contribution in [1.82, 2.24) is 19.3 Å². The average Bonchev–Trinajstić information content (AvgIpc) is 3.13. The highest BCUT2D eigenvalue weighted by Crippen LogP contribution is 2.28. The summed E-state index contributed by atoms with van der Waals surface area (Å²) < 4.78 is 18.6. The lowest BCUT2D eigenvalue weighted by molar-refractivity contribution is 0.362. The number of rotatable bonds is 2. The number of pyridine rings is 2. The van der Waals surface area contributed by atoms with E-state index in [0.717, 1.165) is 31.6 Å². The Morgan fingerprint density at radius 3 is 2.77 bits per heavy atom. The van der Waals surface area contributed by atoms with Crippen LogP contribution in [0.4, 0.5) is 4.39 Å². The van der Waals surface area contributed by atoms with Gasteiger partial charge in [0, 0.05) is 24.6 Å². The van der Waals surface area contributed by atoms with Crippen molar-refractivity contribution in [3.05, 3.63) is 70.3 Å². The van der Waals surface area contributed by atoms with E-state index in [4.69, 9.17) is 0 Å². The van der Waals surface area contributed by atoms with Crippen LogP contribution in [0.15, 0.2) is 47.7 Å². The van der Waals surface area contributed by atoms with Crippen LogP contribution in [0.25, 0.3) is 27.5 Å². The van der Waals surface area contributed by atoms with Gasteiger partial charge in [-0.05, 0) is 73.6 Å². The summed E-state index contributed by atoms with van der Waals surface area (Å²) in [6.07, 6.45) is 7.13. The number of piperidine rings is 1. The predicted molar refractivity (Wildman–Crippen MR) is 113 cm³/mol. The third kappa shape index (κ3) is 2.97. The average molecular weight is 401 g/mol. The summed E-state index contributed by atoms with van der Waals surface area (Å²) in [4.78, 5) is 17.4. The molecule has 0 aliphatic carbocycles. The van der Waals surface area contributed by atoms with Crippen LogP contribution in [-0.4, -0.2) is 27.0 Å². The van der Waals surface area contributed by atoms with Gasteiger partial charge >= 0.3 is 0 Å². The molecule has 4 heterocycles. The fourth-order valence-electron chi connectivity index (χ4n) is 4.34. The highest BCUT2D eigenvalue weighted by atomic mass is 19.1. The smallest absolute Gasteiger partial charge is 0.261 e. The Morgan fingerprint density at radius 1 is 1.20 bits per heavy atom. The van der Waals surface area contributed by atoms with Gasteiger partial charge in [0.15, 0.2) is 5.65 Å². The number of nitrogens with zero attached hydrogens (tertiary/aromatic N) is 4. The number of nitriles is 1. The molecule has 0 bridgehead atoms. The van der Waals surface area contributed by atoms with Crippen molar-refractivity contribution in [2.24, 2.45) is 0 Å². The lowest BCUT2D eigenvalue weighted by Crippen LogP contribution is -2.34. The molecule has 150 valence electrons. The molecular weight excluding hydrogens is 381 g/mol. The lowest BCUT2D eigenvalue weighted by atomic mass is 10.0. The third-order valence-electron chi connectivity index (χ3n) is 5.81. The minimum atomic E-state index is -0.545. The Hall–Kier alpha value is -3.50. The number of hydrogen-bond acceptors (Lipinski definition) is 4. The molecule has 0 unspecified atom stereocenters. The number of aryl methyl sites for hydroxylation is 1. The molecule has 0 atom stereocenters. The number of fused-ring (bicyclic) bond motifs is 2. The van der Waals surface area contributed by atoms with Crippen molar-refractivity contribution in [2.45, 2.75) is 25.8 Å². The largest absolute Gasteiger partial charge is 0.317 e. The predicted octanol–water partition coefficient (Wildman–Crippen LogP) is 3.56. The Kier molecular flexibility index (Phi) is 4.37. The fourth-order valence-corrected chi connectivity index (χ4v) is 4.34. The Bertz CT molecular complexity index is 1390. The highest BCUT2D eigenvalue weighted by molar-refractivity contribution is 5.87. The van der Waals surface area contributed by atoms with E-state index < -0.39 is 5.82 Å². The van der Waals surface area contributed by atoms with Crippen molar-refractivity contribution < 1.29 is 4.39 Å². The molecule has 0 radical (unpaired) electrons. The summed E-state index contributed by atoms with van der Waals surface area (Å²) in [6.45, 7) is 3.57. The van der Waals surface area contributed by atoms with E-state index in [2.05, 4.69) is 16.4 Å². The van der Waals surface area contributed by atoms with Crippen molar-refractivity contribution in [1.29, 1.82) is 5.26 Å². The zero-order valence-corrected chi connectivity index (χ0v) is 16.5. The van der Waals surface area contributed by atoms with Crippen molar-refractivity contribution in [2.75, 3.05) is 13.1 Å². The van der Waals surface area contributed by atoms with Gasteiger partial charge in [-0.15, -0.1) is 0 Å². The standard InChI is InChI=1S/C23H20FN5O/c1-14-12-28-13-18(9-17(11-25)22(28)27-14)16-8-15-4-7-29(19-2-5-26-6-3-19)23(30)21(15)20(24)10-16/h4,7-10,12-13,19,26H,2-3,5-6H2,1H3. The van der Waals surface area contributed by atoms with E-state index in [1.807, 2.05) is 19.3 Å². The Labute approximate surface area is 172 Å². The fraction of sp³-hybridized carbons (Fsp3) is 0.261. The van der Waals surface area contributed by atoms with Crippen molar-refractivity contribution in [3.8, 4) is 17.2 Å². The summed E-state index contributed by atoms with van der Waals surface area (Å²) in [5.41, 5.74) is 2.81. The molecule has 1 N–H and O–H groups in total. The molecular formula is C23H20FN5O. The molecule has 1 aliphatic rings. The van der Waals surface area contributed by atoms with Gasteiger partial charge in [-0.25, -0.2) is 9.37 Å². The van der Waals surface area contributed by atoms with Crippen LogP contribution in [0.1, 0.15) is 30.1 Å². The molecule has 6 nitrogen and oxygen atoms in total. The molecule has 4 aromatic rings. The van der Waals surface area contributed by atoms with Crippen LogP contribution in [-0.2, 0) is 0 Å². The topological polar surface area (TPSA) is 75.1 Å². The molecule has 0 spiro atoms. The van der Waals surface area contributed by atoms with Gasteiger partial charge < -0.3 is 14.3 Å². The van der Waals surface area contributed by atoms with E-state index in [0.29, 0.717) is 27.7 Å². The van der Waals surface area contributed by atoms with Crippen LogP contribution in [0, 0.1) is 24.1 Å². The molecule has 5 rings (SSSR count). The van der Waals surface area contributed by atoms with Gasteiger partial charge in [-0.3, -0.25) is 4.79 Å². The number of nitrogens with one attached hydrogen (secondary N) is 1. The molecule has 1 aliphatic heterocycles. The molecule has 1 saturated heterocycles. The summed E-state index contributed by atoms with van der Waals surface area (Å²) in [5.74, 6) is -0.545. The minimum absolute atomic E-state index is 0.0901. The van der Waals surface area contributed by atoms with Gasteiger partial charge in [0.05, 0.1) is 16.6 Å². The maximum absolute atomic E-state index is 15.1. The highest BCUT2D eigenvalue weighted by Gasteiger charge is 2.19. The summed E-state index contributed by atoms with van der Waals surface area (Å²) in [6, 6.07) is 8.94. The first kappa shape index (κ1) is 18.5. The summed E-state index contributed by atoms with van der Waals surface area (Å²) in [7, 11) is 0. The molecule has 0 amide bonds. The number of halogens is 1. The maximum Gasteiger partial charge on any atom is 0.261 e. The van der Waals surface area contributed by atoms with E-state index in [1.165, 1.54) is 6.07 Å². The van der Waals surface area contributed by atoms with Crippen LogP contribution < -0.4 is 10.9 Å². The van der Waals surface area contributed by atoms with E-state index in [-0.39, 0.29) is 17.0 Å². The van der Waals surface area contributed by atoms with Gasteiger partial charge in [0.25, 0.3) is 5.56 Å². The van der Waals surface area contributed by atoms with E-state index in [1.54, 1.807) is 33.4 Å². The number of imidazole rings is 1. The second-order valence-electron chi connectivity index (χ2n) is 7.80. The maximum atomic E-state index is 15.1. The van der Waals surface area contributed by atoms with Gasteiger partial charge in [-0.2, -0.15) is 5.26 Å². The summed E-state index contributed by atoms with van der Waals surface area (Å²) >= 11 is 0. The van der Waals surface area contributed by atoms with Crippen molar-refractivity contribution >= 4 is 16.4 Å².